The van der Waals surface area contributed by atoms with Crippen molar-refractivity contribution < 1.29 is 19.4 Å². The van der Waals surface area contributed by atoms with Crippen LogP contribution in [0.1, 0.15) is 42.6 Å². The zero-order chi connectivity index (χ0) is 20.3. The van der Waals surface area contributed by atoms with Crippen LogP contribution in [0.5, 0.6) is 0 Å². The second-order valence-corrected chi connectivity index (χ2v) is 7.61. The summed E-state index contributed by atoms with van der Waals surface area (Å²) < 4.78 is 13.1. The maximum absolute atomic E-state index is 13.1. The summed E-state index contributed by atoms with van der Waals surface area (Å²) in [5.41, 5.74) is 2.22. The van der Waals surface area contributed by atoms with Crippen molar-refractivity contribution in [3.63, 3.8) is 0 Å². The number of β-amino-alcohol motifs (C(OH)–C–C–N with tert-alkyl or cyclic N) is 1. The molecule has 1 aliphatic heterocycles. The van der Waals surface area contributed by atoms with Gasteiger partial charge in [-0.15, -0.1) is 0 Å². The van der Waals surface area contributed by atoms with Gasteiger partial charge in [0.05, 0.1) is 11.7 Å². The van der Waals surface area contributed by atoms with E-state index < -0.39 is 11.7 Å². The summed E-state index contributed by atoms with van der Waals surface area (Å²) in [5, 5.41) is 24.3. The highest BCUT2D eigenvalue weighted by Gasteiger charge is 2.34. The summed E-state index contributed by atoms with van der Waals surface area (Å²) in [6.45, 7) is 5.12. The average Bonchev–Trinajstić information content (AvgIpc) is 2.65. The lowest BCUT2D eigenvalue weighted by atomic mass is 9.84. The molecule has 1 amide bonds. The second-order valence-electron chi connectivity index (χ2n) is 7.61. The topological polar surface area (TPSA) is 72.8 Å². The number of piperidine rings is 1. The fourth-order valence-corrected chi connectivity index (χ4v) is 3.73. The quantitative estimate of drug-likeness (QED) is 0.738. The standard InChI is InChI=1S/C22H27FN2O3/c1-15-13-17(3-8-20(15)24-16(2)26)21(27)14-25-11-9-22(28,10-12-25)18-4-6-19(23)7-5-18/h3-8,13,21,27-28H,9-12,14H2,1-2H3,(H,24,26)/t21-/m0/s1. The van der Waals surface area contributed by atoms with Crippen LogP contribution < -0.4 is 5.32 Å². The first-order valence-corrected chi connectivity index (χ1v) is 9.54. The number of aryl methyl sites for hydroxylation is 1. The molecule has 1 saturated heterocycles. The van der Waals surface area contributed by atoms with Gasteiger partial charge in [0, 0.05) is 32.2 Å². The summed E-state index contributed by atoms with van der Waals surface area (Å²) in [6, 6.07) is 11.5. The fourth-order valence-electron chi connectivity index (χ4n) is 3.73. The first-order valence-electron chi connectivity index (χ1n) is 9.54. The third kappa shape index (κ3) is 4.76. The third-order valence-corrected chi connectivity index (χ3v) is 5.44. The molecule has 0 spiro atoms. The number of rotatable bonds is 5. The Hall–Kier alpha value is -2.28. The minimum absolute atomic E-state index is 0.127. The molecule has 0 saturated carbocycles. The number of carbonyl (C=O) groups excluding carboxylic acids is 1. The molecule has 1 aliphatic rings. The van der Waals surface area contributed by atoms with Gasteiger partial charge in [-0.3, -0.25) is 4.79 Å². The Morgan fingerprint density at radius 2 is 1.86 bits per heavy atom. The van der Waals surface area contributed by atoms with Gasteiger partial charge >= 0.3 is 0 Å². The number of aliphatic hydroxyl groups is 2. The van der Waals surface area contributed by atoms with Gasteiger partial charge in [-0.2, -0.15) is 0 Å². The summed E-state index contributed by atoms with van der Waals surface area (Å²) in [7, 11) is 0. The molecule has 2 aromatic rings. The summed E-state index contributed by atoms with van der Waals surface area (Å²) in [4.78, 5) is 13.3. The summed E-state index contributed by atoms with van der Waals surface area (Å²) in [6.07, 6.45) is 0.416. The van der Waals surface area contributed by atoms with E-state index in [2.05, 4.69) is 10.2 Å². The lowest BCUT2D eigenvalue weighted by Gasteiger charge is -2.39. The number of benzene rings is 2. The van der Waals surface area contributed by atoms with Crippen LogP contribution in [0.25, 0.3) is 0 Å². The van der Waals surface area contributed by atoms with Crippen molar-refractivity contribution in [3.05, 3.63) is 65.0 Å². The highest BCUT2D eigenvalue weighted by Crippen LogP contribution is 2.33. The maximum atomic E-state index is 13.1. The Bertz CT molecular complexity index is 830. The molecule has 1 heterocycles. The number of likely N-dealkylation sites (tertiary alicyclic amines) is 1. The molecule has 0 bridgehead atoms. The molecule has 6 heteroatoms. The Kier molecular flexibility index (Phi) is 6.13. The van der Waals surface area contributed by atoms with Gasteiger partial charge in [0.25, 0.3) is 0 Å². The van der Waals surface area contributed by atoms with Gasteiger partial charge in [0.2, 0.25) is 5.91 Å². The molecule has 0 aromatic heterocycles. The third-order valence-electron chi connectivity index (χ3n) is 5.44. The van der Waals surface area contributed by atoms with Crippen molar-refractivity contribution in [1.82, 2.24) is 4.90 Å². The predicted octanol–water partition coefficient (Wildman–Crippen LogP) is 3.11. The summed E-state index contributed by atoms with van der Waals surface area (Å²) >= 11 is 0. The second kappa shape index (κ2) is 8.39. The van der Waals surface area contributed by atoms with Crippen molar-refractivity contribution in [2.45, 2.75) is 38.4 Å². The van der Waals surface area contributed by atoms with E-state index in [0.717, 1.165) is 22.4 Å². The average molecular weight is 386 g/mol. The van der Waals surface area contributed by atoms with Gasteiger partial charge in [0.15, 0.2) is 0 Å². The van der Waals surface area contributed by atoms with E-state index in [1.165, 1.54) is 19.1 Å². The number of halogens is 1. The van der Waals surface area contributed by atoms with Crippen LogP contribution in [0, 0.1) is 12.7 Å². The number of anilines is 1. The molecular weight excluding hydrogens is 359 g/mol. The van der Waals surface area contributed by atoms with Gasteiger partial charge in [-0.05, 0) is 54.7 Å². The zero-order valence-electron chi connectivity index (χ0n) is 16.3. The number of hydrogen-bond acceptors (Lipinski definition) is 4. The lowest BCUT2D eigenvalue weighted by molar-refractivity contribution is -0.114. The van der Waals surface area contributed by atoms with E-state index in [1.807, 2.05) is 19.1 Å². The molecule has 28 heavy (non-hydrogen) atoms. The number of amides is 1. The Labute approximate surface area is 164 Å². The number of aliphatic hydroxyl groups excluding tert-OH is 1. The highest BCUT2D eigenvalue weighted by molar-refractivity contribution is 5.89. The first kappa shape index (κ1) is 20.5. The minimum atomic E-state index is -0.953. The van der Waals surface area contributed by atoms with Crippen molar-refractivity contribution >= 4 is 11.6 Å². The van der Waals surface area contributed by atoms with E-state index >= 15 is 0 Å². The van der Waals surface area contributed by atoms with Crippen molar-refractivity contribution in [1.29, 1.82) is 0 Å². The van der Waals surface area contributed by atoms with E-state index in [0.29, 0.717) is 32.5 Å². The molecule has 0 aliphatic carbocycles. The van der Waals surface area contributed by atoms with Crippen LogP contribution in [0.4, 0.5) is 10.1 Å². The molecule has 2 aromatic carbocycles. The van der Waals surface area contributed by atoms with Crippen molar-refractivity contribution in [3.8, 4) is 0 Å². The van der Waals surface area contributed by atoms with E-state index in [9.17, 15) is 19.4 Å². The van der Waals surface area contributed by atoms with Gasteiger partial charge < -0.3 is 20.4 Å². The van der Waals surface area contributed by atoms with E-state index in [1.54, 1.807) is 18.2 Å². The van der Waals surface area contributed by atoms with Crippen molar-refractivity contribution in [2.75, 3.05) is 25.0 Å². The van der Waals surface area contributed by atoms with E-state index in [-0.39, 0.29) is 11.7 Å². The lowest BCUT2D eigenvalue weighted by Crippen LogP contribution is -2.44. The number of nitrogens with one attached hydrogen (secondary N) is 1. The molecule has 0 unspecified atom stereocenters. The molecule has 1 atom stereocenters. The fraction of sp³-hybridized carbons (Fsp3) is 0.409. The van der Waals surface area contributed by atoms with Crippen LogP contribution in [0.15, 0.2) is 42.5 Å². The number of hydrogen-bond donors (Lipinski definition) is 3. The predicted molar refractivity (Wildman–Crippen MR) is 106 cm³/mol. The molecule has 5 nitrogen and oxygen atoms in total. The van der Waals surface area contributed by atoms with Crippen LogP contribution in [-0.4, -0.2) is 40.7 Å². The van der Waals surface area contributed by atoms with Crippen LogP contribution in [-0.2, 0) is 10.4 Å². The maximum Gasteiger partial charge on any atom is 0.221 e. The monoisotopic (exact) mass is 386 g/mol. The molecular formula is C22H27FN2O3. The Morgan fingerprint density at radius 1 is 1.21 bits per heavy atom. The van der Waals surface area contributed by atoms with Crippen LogP contribution in [0.2, 0.25) is 0 Å². The number of nitrogens with zero attached hydrogens (tertiary/aromatic N) is 1. The number of carbonyl (C=O) groups is 1. The van der Waals surface area contributed by atoms with Gasteiger partial charge in [0.1, 0.15) is 5.82 Å². The molecule has 3 N–H and O–H groups in total. The Balaban J connectivity index is 1.59. The highest BCUT2D eigenvalue weighted by atomic mass is 19.1. The first-order chi connectivity index (χ1) is 13.3. The van der Waals surface area contributed by atoms with Gasteiger partial charge in [-0.25, -0.2) is 4.39 Å². The van der Waals surface area contributed by atoms with Crippen molar-refractivity contribution in [2.24, 2.45) is 0 Å². The SMILES string of the molecule is CC(=O)Nc1ccc([C@@H](O)CN2CCC(O)(c3ccc(F)cc3)CC2)cc1C. The van der Waals surface area contributed by atoms with Crippen LogP contribution >= 0.6 is 0 Å². The molecule has 3 rings (SSSR count). The molecule has 150 valence electrons. The molecule has 0 radical (unpaired) electrons. The summed E-state index contributed by atoms with van der Waals surface area (Å²) in [5.74, 6) is -0.439. The Morgan fingerprint density at radius 3 is 2.43 bits per heavy atom. The minimum Gasteiger partial charge on any atom is -0.387 e. The molecule has 1 fully saturated rings. The van der Waals surface area contributed by atoms with Gasteiger partial charge in [-0.1, -0.05) is 24.3 Å². The normalized spacial score (nSPS) is 17.9. The van der Waals surface area contributed by atoms with E-state index in [4.69, 9.17) is 0 Å². The zero-order valence-corrected chi connectivity index (χ0v) is 16.3. The smallest absolute Gasteiger partial charge is 0.221 e. The largest absolute Gasteiger partial charge is 0.387 e. The van der Waals surface area contributed by atoms with Crippen LogP contribution in [0.3, 0.4) is 0 Å².